The number of hydrogen-bond acceptors (Lipinski definition) is 5. The summed E-state index contributed by atoms with van der Waals surface area (Å²) in [5, 5.41) is 12.9. The zero-order valence-electron chi connectivity index (χ0n) is 15.6. The summed E-state index contributed by atoms with van der Waals surface area (Å²) in [5.41, 5.74) is 1.24. The molecule has 0 fully saturated rings. The Morgan fingerprint density at radius 1 is 1.10 bits per heavy atom. The molecule has 1 aromatic heterocycles. The van der Waals surface area contributed by atoms with Gasteiger partial charge in [-0.2, -0.15) is 5.26 Å². The van der Waals surface area contributed by atoms with E-state index in [-0.39, 0.29) is 5.57 Å². The molecule has 0 unspecified atom stereocenters. The number of hydrogen-bond donors (Lipinski definition) is 1. The van der Waals surface area contributed by atoms with E-state index in [2.05, 4.69) is 10.1 Å². The van der Waals surface area contributed by atoms with Crippen molar-refractivity contribution in [3.63, 3.8) is 0 Å². The van der Waals surface area contributed by atoms with E-state index in [0.717, 1.165) is 0 Å². The molecule has 0 radical (unpaired) electrons. The summed E-state index contributed by atoms with van der Waals surface area (Å²) >= 11 is 12.1. The normalized spacial score (nSPS) is 10.9. The van der Waals surface area contributed by atoms with Crippen LogP contribution in [-0.4, -0.2) is 19.0 Å². The summed E-state index contributed by atoms with van der Waals surface area (Å²) in [7, 11) is 1.28. The first-order valence-electron chi connectivity index (χ1n) is 8.58. The molecular formula is C22H14Cl2N2O4. The highest BCUT2D eigenvalue weighted by Gasteiger charge is 2.13. The molecule has 1 N–H and O–H groups in total. The van der Waals surface area contributed by atoms with Gasteiger partial charge in [-0.15, -0.1) is 0 Å². The molecule has 1 heterocycles. The zero-order valence-corrected chi connectivity index (χ0v) is 17.1. The molecule has 30 heavy (non-hydrogen) atoms. The second kappa shape index (κ2) is 9.31. The summed E-state index contributed by atoms with van der Waals surface area (Å²) in [5.74, 6) is -0.325. The van der Waals surface area contributed by atoms with E-state index in [0.29, 0.717) is 38.4 Å². The molecule has 0 bridgehead atoms. The highest BCUT2D eigenvalue weighted by Crippen LogP contribution is 2.32. The van der Waals surface area contributed by atoms with Gasteiger partial charge in [-0.05, 0) is 54.6 Å². The van der Waals surface area contributed by atoms with Gasteiger partial charge in [-0.1, -0.05) is 23.2 Å². The highest BCUT2D eigenvalue weighted by atomic mass is 35.5. The molecule has 0 aliphatic heterocycles. The van der Waals surface area contributed by atoms with Crippen molar-refractivity contribution in [3.05, 3.63) is 81.5 Å². The van der Waals surface area contributed by atoms with Crippen molar-refractivity contribution in [1.82, 2.24) is 0 Å². The minimum Gasteiger partial charge on any atom is -0.465 e. The maximum atomic E-state index is 12.4. The van der Waals surface area contributed by atoms with Gasteiger partial charge in [-0.25, -0.2) is 4.79 Å². The lowest BCUT2D eigenvalue weighted by Gasteiger charge is -2.05. The van der Waals surface area contributed by atoms with E-state index >= 15 is 0 Å². The van der Waals surface area contributed by atoms with Crippen LogP contribution in [0.3, 0.4) is 0 Å². The standard InChI is InChI=1S/C22H14Cl2N2O4/c1-29-22(28)13-2-5-16(6-3-13)26-21(27)14(12-25)10-17-7-9-20(30-17)18-8-4-15(23)11-19(18)24/h2-11H,1H3,(H,26,27)/b14-10+. The zero-order chi connectivity index (χ0) is 21.7. The maximum absolute atomic E-state index is 12.4. The van der Waals surface area contributed by atoms with Crippen LogP contribution in [0.4, 0.5) is 5.69 Å². The molecule has 0 aliphatic carbocycles. The van der Waals surface area contributed by atoms with Crippen molar-refractivity contribution in [1.29, 1.82) is 5.26 Å². The molecular weight excluding hydrogens is 427 g/mol. The number of nitrogens with zero attached hydrogens (tertiary/aromatic N) is 1. The van der Waals surface area contributed by atoms with Crippen molar-refractivity contribution in [3.8, 4) is 17.4 Å². The van der Waals surface area contributed by atoms with Gasteiger partial charge in [0, 0.05) is 22.3 Å². The van der Waals surface area contributed by atoms with Gasteiger partial charge in [0.25, 0.3) is 5.91 Å². The quantitative estimate of drug-likeness (QED) is 0.317. The van der Waals surface area contributed by atoms with Crippen LogP contribution in [0, 0.1) is 11.3 Å². The van der Waals surface area contributed by atoms with Gasteiger partial charge in [0.05, 0.1) is 17.7 Å². The number of amides is 1. The number of halogens is 2. The number of esters is 1. The predicted molar refractivity (Wildman–Crippen MR) is 114 cm³/mol. The second-order valence-corrected chi connectivity index (χ2v) is 6.86. The molecule has 2 aromatic carbocycles. The summed E-state index contributed by atoms with van der Waals surface area (Å²) in [6, 6.07) is 16.2. The fraction of sp³-hybridized carbons (Fsp3) is 0.0455. The van der Waals surface area contributed by atoms with Crippen LogP contribution in [0.1, 0.15) is 16.1 Å². The van der Waals surface area contributed by atoms with E-state index in [1.54, 1.807) is 30.3 Å². The van der Waals surface area contributed by atoms with Crippen LogP contribution >= 0.6 is 23.2 Å². The molecule has 3 rings (SSSR count). The largest absolute Gasteiger partial charge is 0.465 e. The number of benzene rings is 2. The molecule has 8 heteroatoms. The topological polar surface area (TPSA) is 92.3 Å². The SMILES string of the molecule is COC(=O)c1ccc(NC(=O)/C(C#N)=C/c2ccc(-c3ccc(Cl)cc3Cl)o2)cc1. The van der Waals surface area contributed by atoms with E-state index < -0.39 is 11.9 Å². The Balaban J connectivity index is 1.77. The molecule has 150 valence electrons. The Kier molecular flexibility index (Phi) is 6.58. The average molecular weight is 441 g/mol. The fourth-order valence-electron chi connectivity index (χ4n) is 2.56. The van der Waals surface area contributed by atoms with Gasteiger partial charge in [-0.3, -0.25) is 4.79 Å². The number of anilines is 1. The number of ether oxygens (including phenoxy) is 1. The molecule has 0 spiro atoms. The third-order valence-corrected chi connectivity index (χ3v) is 4.59. The Morgan fingerprint density at radius 3 is 2.47 bits per heavy atom. The van der Waals surface area contributed by atoms with Crippen LogP contribution in [0.5, 0.6) is 0 Å². The maximum Gasteiger partial charge on any atom is 0.337 e. The van der Waals surface area contributed by atoms with Gasteiger partial charge >= 0.3 is 5.97 Å². The smallest absolute Gasteiger partial charge is 0.337 e. The Bertz CT molecular complexity index is 1170. The molecule has 0 atom stereocenters. The first-order valence-corrected chi connectivity index (χ1v) is 9.33. The molecule has 1 amide bonds. The molecule has 0 saturated carbocycles. The number of nitrogens with one attached hydrogen (secondary N) is 1. The fourth-order valence-corrected chi connectivity index (χ4v) is 3.06. The number of methoxy groups -OCH3 is 1. The van der Waals surface area contributed by atoms with Crippen LogP contribution in [0.15, 0.2) is 64.6 Å². The van der Waals surface area contributed by atoms with Crippen molar-refractivity contribution >= 4 is 46.8 Å². The number of furan rings is 1. The van der Waals surface area contributed by atoms with Crippen LogP contribution in [0.2, 0.25) is 10.0 Å². The van der Waals surface area contributed by atoms with Gasteiger partial charge in [0.15, 0.2) is 0 Å². The summed E-state index contributed by atoms with van der Waals surface area (Å²) < 4.78 is 10.3. The van der Waals surface area contributed by atoms with Crippen LogP contribution < -0.4 is 5.32 Å². The van der Waals surface area contributed by atoms with Crippen molar-refractivity contribution < 1.29 is 18.7 Å². The Morgan fingerprint density at radius 2 is 1.83 bits per heavy atom. The summed E-state index contributed by atoms with van der Waals surface area (Å²) in [6.07, 6.45) is 1.32. The Hall–Kier alpha value is -3.53. The van der Waals surface area contributed by atoms with Crippen molar-refractivity contribution in [2.45, 2.75) is 0 Å². The summed E-state index contributed by atoms with van der Waals surface area (Å²) in [6.45, 7) is 0. The van der Waals surface area contributed by atoms with E-state index in [1.165, 1.54) is 37.5 Å². The van der Waals surface area contributed by atoms with Crippen LogP contribution in [0.25, 0.3) is 17.4 Å². The third-order valence-electron chi connectivity index (χ3n) is 4.04. The number of nitriles is 1. The van der Waals surface area contributed by atoms with Crippen molar-refractivity contribution in [2.24, 2.45) is 0 Å². The van der Waals surface area contributed by atoms with Crippen molar-refractivity contribution in [2.75, 3.05) is 12.4 Å². The average Bonchev–Trinajstić information content (AvgIpc) is 3.20. The van der Waals surface area contributed by atoms with Gasteiger partial charge < -0.3 is 14.5 Å². The lowest BCUT2D eigenvalue weighted by molar-refractivity contribution is -0.112. The number of carbonyl (C=O) groups is 2. The molecule has 0 aliphatic rings. The minimum absolute atomic E-state index is 0.157. The monoisotopic (exact) mass is 440 g/mol. The summed E-state index contributed by atoms with van der Waals surface area (Å²) in [4.78, 5) is 23.9. The molecule has 0 saturated heterocycles. The van der Waals surface area contributed by atoms with E-state index in [4.69, 9.17) is 27.6 Å². The lowest BCUT2D eigenvalue weighted by Crippen LogP contribution is -2.13. The second-order valence-electron chi connectivity index (χ2n) is 6.02. The highest BCUT2D eigenvalue weighted by molar-refractivity contribution is 6.36. The van der Waals surface area contributed by atoms with E-state index in [1.807, 2.05) is 6.07 Å². The van der Waals surface area contributed by atoms with Gasteiger partial charge in [0.2, 0.25) is 0 Å². The minimum atomic E-state index is -0.620. The molecule has 3 aromatic rings. The lowest BCUT2D eigenvalue weighted by atomic mass is 10.2. The first kappa shape index (κ1) is 21.2. The number of carbonyl (C=O) groups excluding carboxylic acids is 2. The first-order chi connectivity index (χ1) is 14.4. The Labute approximate surface area is 182 Å². The number of rotatable bonds is 5. The van der Waals surface area contributed by atoms with E-state index in [9.17, 15) is 14.9 Å². The third kappa shape index (κ3) is 4.90. The predicted octanol–water partition coefficient (Wildman–Crippen LogP) is 5.59. The van der Waals surface area contributed by atoms with Crippen LogP contribution in [-0.2, 0) is 9.53 Å². The molecule has 6 nitrogen and oxygen atoms in total. The van der Waals surface area contributed by atoms with Gasteiger partial charge in [0.1, 0.15) is 23.2 Å².